The van der Waals surface area contributed by atoms with E-state index in [1.807, 2.05) is 60.7 Å². The number of benzene rings is 4. The van der Waals surface area contributed by atoms with E-state index < -0.39 is 16.6 Å². The minimum Gasteiger partial charge on any atom is -0.493 e. The highest BCUT2D eigenvalue weighted by molar-refractivity contribution is 7.92. The van der Waals surface area contributed by atoms with Gasteiger partial charge in [-0.1, -0.05) is 72.3 Å². The van der Waals surface area contributed by atoms with Crippen molar-refractivity contribution < 1.29 is 22.7 Å². The monoisotopic (exact) mass is 564 g/mol. The summed E-state index contributed by atoms with van der Waals surface area (Å²) in [6.45, 7) is 0.219. The summed E-state index contributed by atoms with van der Waals surface area (Å²) in [7, 11) is -1.29. The lowest BCUT2D eigenvalue weighted by Crippen LogP contribution is -2.42. The maximum Gasteiger partial charge on any atom is 0.264 e. The summed E-state index contributed by atoms with van der Waals surface area (Å²) in [5.41, 5.74) is 2.17. The number of ether oxygens (including phenoxy) is 2. The van der Waals surface area contributed by atoms with Gasteiger partial charge in [-0.25, -0.2) is 8.42 Å². The number of halogens is 1. The van der Waals surface area contributed by atoms with Gasteiger partial charge in [0.2, 0.25) is 5.91 Å². The van der Waals surface area contributed by atoms with Crippen LogP contribution in [0.2, 0.25) is 5.02 Å². The predicted molar refractivity (Wildman–Crippen MR) is 153 cm³/mol. The fraction of sp³-hybridized carbons (Fsp3) is 0.167. The van der Waals surface area contributed by atoms with Gasteiger partial charge in [0, 0.05) is 24.2 Å². The molecule has 9 heteroatoms. The highest BCUT2D eigenvalue weighted by atomic mass is 35.5. The molecule has 4 rings (SSSR count). The zero-order valence-electron chi connectivity index (χ0n) is 21.7. The second kappa shape index (κ2) is 12.7. The third-order valence-corrected chi connectivity index (χ3v) is 8.14. The van der Waals surface area contributed by atoms with E-state index in [0.717, 1.165) is 15.4 Å². The Bertz CT molecular complexity index is 1460. The molecule has 0 aromatic heterocycles. The number of hydrogen-bond acceptors (Lipinski definition) is 5. The lowest BCUT2D eigenvalue weighted by molar-refractivity contribution is -0.130. The molecule has 0 saturated carbocycles. The zero-order valence-corrected chi connectivity index (χ0v) is 23.2. The first-order valence-electron chi connectivity index (χ1n) is 12.2. The SMILES string of the molecule is COc1ccc(S(=O)(=O)N(CC(=O)N(Cc2ccccc2)Cc2ccccc2)c2ccc(Cl)cc2)cc1OC. The number of nitrogens with zero attached hydrogens (tertiary/aromatic N) is 2. The summed E-state index contributed by atoms with van der Waals surface area (Å²) in [5.74, 6) is 0.292. The molecule has 7 nitrogen and oxygen atoms in total. The number of anilines is 1. The molecule has 0 bridgehead atoms. The van der Waals surface area contributed by atoms with Crippen LogP contribution in [-0.4, -0.2) is 40.0 Å². The first-order valence-corrected chi connectivity index (χ1v) is 14.0. The third kappa shape index (κ3) is 6.90. The molecule has 4 aromatic carbocycles. The van der Waals surface area contributed by atoms with Crippen molar-refractivity contribution in [2.45, 2.75) is 18.0 Å². The van der Waals surface area contributed by atoms with Gasteiger partial charge in [-0.2, -0.15) is 0 Å². The minimum absolute atomic E-state index is 0.0411. The quantitative estimate of drug-likeness (QED) is 0.231. The molecule has 0 unspecified atom stereocenters. The molecule has 4 aromatic rings. The van der Waals surface area contributed by atoms with E-state index >= 15 is 0 Å². The van der Waals surface area contributed by atoms with Crippen LogP contribution in [0.1, 0.15) is 11.1 Å². The van der Waals surface area contributed by atoms with Gasteiger partial charge < -0.3 is 14.4 Å². The van der Waals surface area contributed by atoms with Gasteiger partial charge in [-0.3, -0.25) is 9.10 Å². The van der Waals surface area contributed by atoms with Crippen molar-refractivity contribution in [3.05, 3.63) is 119 Å². The highest BCUT2D eigenvalue weighted by Gasteiger charge is 2.30. The van der Waals surface area contributed by atoms with Gasteiger partial charge in [0.1, 0.15) is 6.54 Å². The summed E-state index contributed by atoms with van der Waals surface area (Å²) in [6, 6.07) is 29.8. The van der Waals surface area contributed by atoms with Crippen LogP contribution in [0.3, 0.4) is 0 Å². The molecular formula is C30H29ClN2O5S. The van der Waals surface area contributed by atoms with Crippen molar-refractivity contribution in [3.8, 4) is 11.5 Å². The van der Waals surface area contributed by atoms with E-state index in [4.69, 9.17) is 21.1 Å². The summed E-state index contributed by atoms with van der Waals surface area (Å²) in [5, 5.41) is 0.448. The molecule has 0 aliphatic rings. The van der Waals surface area contributed by atoms with E-state index in [0.29, 0.717) is 29.5 Å². The van der Waals surface area contributed by atoms with E-state index in [2.05, 4.69) is 0 Å². The fourth-order valence-electron chi connectivity index (χ4n) is 4.09. The van der Waals surface area contributed by atoms with E-state index in [-0.39, 0.29) is 16.6 Å². The van der Waals surface area contributed by atoms with E-state index in [1.165, 1.54) is 32.4 Å². The Hall–Kier alpha value is -4.01. The smallest absolute Gasteiger partial charge is 0.264 e. The first kappa shape index (κ1) is 28.0. The van der Waals surface area contributed by atoms with Gasteiger partial charge in [-0.15, -0.1) is 0 Å². The van der Waals surface area contributed by atoms with Crippen LogP contribution >= 0.6 is 11.6 Å². The van der Waals surface area contributed by atoms with E-state index in [9.17, 15) is 13.2 Å². The summed E-state index contributed by atoms with van der Waals surface area (Å²) in [6.07, 6.45) is 0. The number of carbonyl (C=O) groups is 1. The third-order valence-electron chi connectivity index (χ3n) is 6.12. The molecule has 1 amide bonds. The average Bonchev–Trinajstić information content (AvgIpc) is 2.96. The topological polar surface area (TPSA) is 76.2 Å². The van der Waals surface area contributed by atoms with Crippen LogP contribution < -0.4 is 13.8 Å². The molecule has 0 N–H and O–H groups in total. The van der Waals surface area contributed by atoms with Gasteiger partial charge in [0.15, 0.2) is 11.5 Å². The van der Waals surface area contributed by atoms with Crippen molar-refractivity contribution in [2.75, 3.05) is 25.1 Å². The lowest BCUT2D eigenvalue weighted by atomic mass is 10.1. The summed E-state index contributed by atoms with van der Waals surface area (Å²) >= 11 is 6.08. The highest BCUT2D eigenvalue weighted by Crippen LogP contribution is 2.32. The maximum atomic E-state index is 14.0. The summed E-state index contributed by atoms with van der Waals surface area (Å²) < 4.78 is 39.7. The van der Waals surface area contributed by atoms with Gasteiger partial charge in [0.25, 0.3) is 10.0 Å². The largest absolute Gasteiger partial charge is 0.493 e. The van der Waals surface area contributed by atoms with Gasteiger partial charge in [-0.05, 0) is 47.5 Å². The number of carbonyl (C=O) groups excluding carboxylic acids is 1. The zero-order chi connectivity index (χ0) is 27.8. The van der Waals surface area contributed by atoms with Crippen molar-refractivity contribution in [1.82, 2.24) is 4.90 Å². The predicted octanol–water partition coefficient (Wildman–Crippen LogP) is 5.78. The van der Waals surface area contributed by atoms with Crippen molar-refractivity contribution in [1.29, 1.82) is 0 Å². The van der Waals surface area contributed by atoms with Crippen molar-refractivity contribution >= 4 is 33.2 Å². The molecule has 0 spiro atoms. The lowest BCUT2D eigenvalue weighted by Gasteiger charge is -2.29. The van der Waals surface area contributed by atoms with Crippen LogP contribution in [-0.2, 0) is 27.9 Å². The normalized spacial score (nSPS) is 11.1. The van der Waals surface area contributed by atoms with Crippen LogP contribution in [0.4, 0.5) is 5.69 Å². The molecule has 0 saturated heterocycles. The Kier molecular flexibility index (Phi) is 9.11. The molecule has 0 atom stereocenters. The molecule has 0 fully saturated rings. The van der Waals surface area contributed by atoms with Crippen molar-refractivity contribution in [2.24, 2.45) is 0 Å². The molecule has 202 valence electrons. The first-order chi connectivity index (χ1) is 18.8. The van der Waals surface area contributed by atoms with Gasteiger partial charge in [0.05, 0.1) is 24.8 Å². The standard InChI is InChI=1S/C30H29ClN2O5S/c1-37-28-18-17-27(19-29(28)38-2)39(35,36)33(26-15-13-25(31)14-16-26)22-30(34)32(20-23-9-5-3-6-10-23)21-24-11-7-4-8-12-24/h3-19H,20-22H2,1-2H3. The Morgan fingerprint density at radius 2 is 1.28 bits per heavy atom. The molecule has 0 radical (unpaired) electrons. The number of amides is 1. The Morgan fingerprint density at radius 3 is 1.79 bits per heavy atom. The average molecular weight is 565 g/mol. The number of methoxy groups -OCH3 is 2. The Labute approximate surface area is 234 Å². The summed E-state index contributed by atoms with van der Waals surface area (Å²) in [4.78, 5) is 15.5. The molecule has 0 aliphatic heterocycles. The van der Waals surface area contributed by atoms with Gasteiger partial charge >= 0.3 is 0 Å². The van der Waals surface area contributed by atoms with Crippen LogP contribution in [0.25, 0.3) is 0 Å². The van der Waals surface area contributed by atoms with E-state index in [1.54, 1.807) is 29.2 Å². The maximum absolute atomic E-state index is 14.0. The molecule has 39 heavy (non-hydrogen) atoms. The number of rotatable bonds is 11. The minimum atomic E-state index is -4.19. The Morgan fingerprint density at radius 1 is 0.744 bits per heavy atom. The molecular weight excluding hydrogens is 536 g/mol. The Balaban J connectivity index is 1.72. The second-order valence-corrected chi connectivity index (χ2v) is 11.0. The van der Waals surface area contributed by atoms with Crippen LogP contribution in [0, 0.1) is 0 Å². The second-order valence-electron chi connectivity index (χ2n) is 8.73. The molecule has 0 heterocycles. The fourth-order valence-corrected chi connectivity index (χ4v) is 5.65. The van der Waals surface area contributed by atoms with Crippen molar-refractivity contribution in [3.63, 3.8) is 0 Å². The number of hydrogen-bond donors (Lipinski definition) is 0. The number of sulfonamides is 1. The molecule has 0 aliphatic carbocycles. The van der Waals surface area contributed by atoms with Crippen LogP contribution in [0.5, 0.6) is 11.5 Å². The van der Waals surface area contributed by atoms with Crippen LogP contribution in [0.15, 0.2) is 108 Å².